The van der Waals surface area contributed by atoms with Crippen LogP contribution in [0.4, 0.5) is 0 Å². The molecule has 0 heterocycles. The fourth-order valence-electron chi connectivity index (χ4n) is 2.31. The first-order chi connectivity index (χ1) is 7.70. The van der Waals surface area contributed by atoms with Gasteiger partial charge in [-0.15, -0.1) is 0 Å². The highest BCUT2D eigenvalue weighted by Gasteiger charge is 2.22. The van der Waals surface area contributed by atoms with Gasteiger partial charge in [0.15, 0.2) is 0 Å². The minimum atomic E-state index is 0.461. The van der Waals surface area contributed by atoms with Gasteiger partial charge in [0.2, 0.25) is 0 Å². The van der Waals surface area contributed by atoms with E-state index in [1.807, 2.05) is 14.0 Å². The van der Waals surface area contributed by atoms with Gasteiger partial charge in [0.05, 0.1) is 0 Å². The maximum absolute atomic E-state index is 6.17. The van der Waals surface area contributed by atoms with E-state index in [9.17, 15) is 0 Å². The zero-order valence-electron chi connectivity index (χ0n) is 10.1. The van der Waals surface area contributed by atoms with Crippen molar-refractivity contribution in [1.82, 2.24) is 5.32 Å². The largest absolute Gasteiger partial charge is 0.313 e. The molecule has 1 aliphatic rings. The van der Waals surface area contributed by atoms with Crippen LogP contribution in [0, 0.1) is 12.8 Å². The summed E-state index contributed by atoms with van der Waals surface area (Å²) in [5.74, 6) is 0.914. The second-order valence-electron chi connectivity index (χ2n) is 4.88. The Labute approximate surface area is 103 Å². The van der Waals surface area contributed by atoms with E-state index in [-0.39, 0.29) is 0 Å². The highest BCUT2D eigenvalue weighted by molar-refractivity contribution is 6.31. The molecule has 0 aromatic heterocycles. The number of hydrogen-bond donors (Lipinski definition) is 1. The summed E-state index contributed by atoms with van der Waals surface area (Å²) in [6.07, 6.45) is 5.46. The van der Waals surface area contributed by atoms with Crippen molar-refractivity contribution in [2.75, 3.05) is 7.05 Å². The summed E-state index contributed by atoms with van der Waals surface area (Å²) in [4.78, 5) is 0. The highest BCUT2D eigenvalue weighted by Crippen LogP contribution is 2.35. The monoisotopic (exact) mass is 237 g/mol. The summed E-state index contributed by atoms with van der Waals surface area (Å²) in [7, 11) is 2.04. The summed E-state index contributed by atoms with van der Waals surface area (Å²) in [5, 5.41) is 4.29. The third-order valence-corrected chi connectivity index (χ3v) is 4.15. The molecule has 2 heteroatoms. The number of aryl methyl sites for hydroxylation is 1. The maximum Gasteiger partial charge on any atom is 0.0438 e. The smallest absolute Gasteiger partial charge is 0.0438 e. The van der Waals surface area contributed by atoms with E-state index in [1.165, 1.54) is 31.2 Å². The van der Waals surface area contributed by atoms with Crippen LogP contribution in [0.3, 0.4) is 0 Å². The molecule has 1 N–H and O–H groups in total. The average Bonchev–Trinajstić information content (AvgIpc) is 2.21. The Morgan fingerprint density at radius 2 is 2.19 bits per heavy atom. The van der Waals surface area contributed by atoms with Crippen LogP contribution in [0.2, 0.25) is 5.02 Å². The molecule has 1 aliphatic carbocycles. The number of nitrogens with one attached hydrogen (secondary N) is 1. The number of benzene rings is 1. The van der Waals surface area contributed by atoms with Crippen LogP contribution < -0.4 is 5.32 Å². The standard InChI is InChI=1S/C14H20ClN/c1-10-6-7-12(9-13(10)15)14(16-2)8-11-4-3-5-11/h6-7,9,11,14,16H,3-5,8H2,1-2H3. The lowest BCUT2D eigenvalue weighted by molar-refractivity contribution is 0.265. The summed E-state index contributed by atoms with van der Waals surface area (Å²) in [6, 6.07) is 6.88. The number of rotatable bonds is 4. The van der Waals surface area contributed by atoms with E-state index < -0.39 is 0 Å². The molecule has 0 spiro atoms. The lowest BCUT2D eigenvalue weighted by Crippen LogP contribution is -2.23. The zero-order valence-corrected chi connectivity index (χ0v) is 10.8. The van der Waals surface area contributed by atoms with Crippen LogP contribution in [-0.4, -0.2) is 7.05 Å². The molecule has 16 heavy (non-hydrogen) atoms. The molecule has 1 aromatic rings. The topological polar surface area (TPSA) is 12.0 Å². The molecule has 88 valence electrons. The molecule has 0 aliphatic heterocycles. The Hall–Kier alpha value is -0.530. The normalized spacial score (nSPS) is 18.2. The van der Waals surface area contributed by atoms with Crippen molar-refractivity contribution in [3.8, 4) is 0 Å². The SMILES string of the molecule is CNC(CC1CCC1)c1ccc(C)c(Cl)c1. The van der Waals surface area contributed by atoms with Crippen molar-refractivity contribution in [3.63, 3.8) is 0 Å². The molecule has 2 rings (SSSR count). The lowest BCUT2D eigenvalue weighted by atomic mass is 9.79. The molecule has 0 saturated heterocycles. The van der Waals surface area contributed by atoms with Crippen LogP contribution in [-0.2, 0) is 0 Å². The Kier molecular flexibility index (Phi) is 3.88. The molecule has 1 atom stereocenters. The minimum Gasteiger partial charge on any atom is -0.313 e. The summed E-state index contributed by atoms with van der Waals surface area (Å²) in [6.45, 7) is 2.05. The summed E-state index contributed by atoms with van der Waals surface area (Å²) >= 11 is 6.17. The highest BCUT2D eigenvalue weighted by atomic mass is 35.5. The van der Waals surface area contributed by atoms with Gasteiger partial charge in [0.25, 0.3) is 0 Å². The minimum absolute atomic E-state index is 0.461. The predicted octanol–water partition coefficient (Wildman–Crippen LogP) is 4.10. The summed E-state index contributed by atoms with van der Waals surface area (Å²) in [5.41, 5.74) is 2.48. The van der Waals surface area contributed by atoms with E-state index in [0.29, 0.717) is 6.04 Å². The molecule has 1 unspecified atom stereocenters. The second kappa shape index (κ2) is 5.20. The number of halogens is 1. The van der Waals surface area contributed by atoms with Gasteiger partial charge in [-0.3, -0.25) is 0 Å². The quantitative estimate of drug-likeness (QED) is 0.832. The average molecular weight is 238 g/mol. The fraction of sp³-hybridized carbons (Fsp3) is 0.571. The fourth-order valence-corrected chi connectivity index (χ4v) is 2.50. The van der Waals surface area contributed by atoms with Gasteiger partial charge in [-0.2, -0.15) is 0 Å². The van der Waals surface area contributed by atoms with Crippen molar-refractivity contribution in [2.24, 2.45) is 5.92 Å². The number of hydrogen-bond acceptors (Lipinski definition) is 1. The molecular weight excluding hydrogens is 218 g/mol. The predicted molar refractivity (Wildman–Crippen MR) is 69.9 cm³/mol. The molecule has 1 aromatic carbocycles. The van der Waals surface area contributed by atoms with Crippen LogP contribution in [0.5, 0.6) is 0 Å². The van der Waals surface area contributed by atoms with Gasteiger partial charge in [0, 0.05) is 11.1 Å². The molecule has 1 nitrogen and oxygen atoms in total. The lowest BCUT2D eigenvalue weighted by Gasteiger charge is -2.30. The first-order valence-electron chi connectivity index (χ1n) is 6.14. The van der Waals surface area contributed by atoms with Crippen LogP contribution in [0.1, 0.15) is 42.9 Å². The molecular formula is C14H20ClN. The van der Waals surface area contributed by atoms with Crippen molar-refractivity contribution < 1.29 is 0 Å². The third-order valence-electron chi connectivity index (χ3n) is 3.74. The Morgan fingerprint density at radius 3 is 2.69 bits per heavy atom. The van der Waals surface area contributed by atoms with E-state index in [0.717, 1.165) is 16.5 Å². The van der Waals surface area contributed by atoms with E-state index in [1.54, 1.807) is 0 Å². The molecule has 1 fully saturated rings. The maximum atomic E-state index is 6.17. The zero-order chi connectivity index (χ0) is 11.5. The van der Waals surface area contributed by atoms with Crippen molar-refractivity contribution >= 4 is 11.6 Å². The van der Waals surface area contributed by atoms with Gasteiger partial charge in [0.1, 0.15) is 0 Å². The molecule has 0 bridgehead atoms. The second-order valence-corrected chi connectivity index (χ2v) is 5.29. The van der Waals surface area contributed by atoms with Gasteiger partial charge >= 0.3 is 0 Å². The Morgan fingerprint density at radius 1 is 1.44 bits per heavy atom. The first-order valence-corrected chi connectivity index (χ1v) is 6.52. The van der Waals surface area contributed by atoms with Crippen molar-refractivity contribution in [3.05, 3.63) is 34.3 Å². The van der Waals surface area contributed by atoms with Crippen LogP contribution in [0.25, 0.3) is 0 Å². The van der Waals surface area contributed by atoms with Crippen molar-refractivity contribution in [2.45, 2.75) is 38.6 Å². The molecule has 0 amide bonds. The van der Waals surface area contributed by atoms with Crippen LogP contribution in [0.15, 0.2) is 18.2 Å². The third kappa shape index (κ3) is 2.58. The van der Waals surface area contributed by atoms with E-state index in [4.69, 9.17) is 11.6 Å². The Balaban J connectivity index is 2.09. The summed E-state index contributed by atoms with van der Waals surface area (Å²) < 4.78 is 0. The van der Waals surface area contributed by atoms with E-state index in [2.05, 4.69) is 23.5 Å². The molecule has 0 radical (unpaired) electrons. The van der Waals surface area contributed by atoms with Gasteiger partial charge in [-0.25, -0.2) is 0 Å². The van der Waals surface area contributed by atoms with Crippen LogP contribution >= 0.6 is 11.6 Å². The molecule has 1 saturated carbocycles. The van der Waals surface area contributed by atoms with Gasteiger partial charge < -0.3 is 5.32 Å². The Bertz CT molecular complexity index is 358. The first kappa shape index (κ1) is 11.9. The van der Waals surface area contributed by atoms with Gasteiger partial charge in [-0.1, -0.05) is 43.0 Å². The van der Waals surface area contributed by atoms with Crippen molar-refractivity contribution in [1.29, 1.82) is 0 Å². The van der Waals surface area contributed by atoms with Gasteiger partial charge in [-0.05, 0) is 43.5 Å². The van der Waals surface area contributed by atoms with E-state index >= 15 is 0 Å².